The van der Waals surface area contributed by atoms with Gasteiger partial charge in [0.05, 0.1) is 17.1 Å². The lowest BCUT2D eigenvalue weighted by molar-refractivity contribution is 0.105. The van der Waals surface area contributed by atoms with Gasteiger partial charge in [-0.15, -0.1) is 0 Å². The summed E-state index contributed by atoms with van der Waals surface area (Å²) in [7, 11) is 0. The molecule has 0 radical (unpaired) electrons. The van der Waals surface area contributed by atoms with Crippen molar-refractivity contribution in [2.75, 3.05) is 26.2 Å². The van der Waals surface area contributed by atoms with Gasteiger partial charge in [0.15, 0.2) is 0 Å². The SMILES string of the molecule is CCn1c(C)nc2cc(CN3CCN(C(c4ccccc4)c4ccc(F)cc4)CC3)ccc21. The Morgan fingerprint density at radius 1 is 0.879 bits per heavy atom. The molecular formula is C28H31FN4. The van der Waals surface area contributed by atoms with E-state index in [1.54, 1.807) is 12.1 Å². The number of halogens is 1. The quantitative estimate of drug-likeness (QED) is 0.399. The van der Waals surface area contributed by atoms with E-state index in [1.165, 1.54) is 16.6 Å². The zero-order valence-electron chi connectivity index (χ0n) is 19.4. The minimum absolute atomic E-state index is 0.145. The first-order valence-electron chi connectivity index (χ1n) is 11.8. The fraction of sp³-hybridized carbons (Fsp3) is 0.321. The molecule has 5 rings (SSSR count). The fourth-order valence-corrected chi connectivity index (χ4v) is 5.13. The fourth-order valence-electron chi connectivity index (χ4n) is 5.13. The third-order valence-electron chi connectivity index (χ3n) is 6.80. The molecule has 1 fully saturated rings. The maximum absolute atomic E-state index is 13.6. The summed E-state index contributed by atoms with van der Waals surface area (Å²) in [4.78, 5) is 9.80. The first-order valence-corrected chi connectivity index (χ1v) is 11.8. The van der Waals surface area contributed by atoms with E-state index >= 15 is 0 Å². The van der Waals surface area contributed by atoms with Gasteiger partial charge < -0.3 is 4.57 Å². The summed E-state index contributed by atoms with van der Waals surface area (Å²) in [6.45, 7) is 10.1. The van der Waals surface area contributed by atoms with Gasteiger partial charge in [0, 0.05) is 39.3 Å². The van der Waals surface area contributed by atoms with Crippen LogP contribution in [0.1, 0.15) is 35.5 Å². The van der Waals surface area contributed by atoms with Crippen LogP contribution in [0.3, 0.4) is 0 Å². The number of hydrogen-bond acceptors (Lipinski definition) is 3. The molecule has 1 aliphatic rings. The number of benzene rings is 3. The molecule has 0 aliphatic carbocycles. The maximum atomic E-state index is 13.6. The number of aryl methyl sites for hydroxylation is 2. The zero-order chi connectivity index (χ0) is 22.8. The Morgan fingerprint density at radius 2 is 1.58 bits per heavy atom. The van der Waals surface area contributed by atoms with Crippen molar-refractivity contribution in [2.24, 2.45) is 0 Å². The van der Waals surface area contributed by atoms with Crippen LogP contribution in [0.5, 0.6) is 0 Å². The molecule has 1 aliphatic heterocycles. The van der Waals surface area contributed by atoms with Crippen LogP contribution < -0.4 is 0 Å². The number of nitrogens with zero attached hydrogens (tertiary/aromatic N) is 4. The standard InChI is InChI=1S/C28H31FN4/c1-3-33-21(2)30-26-19-22(9-14-27(26)33)20-31-15-17-32(18-16-31)28(23-7-5-4-6-8-23)24-10-12-25(29)13-11-24/h4-14,19,28H,3,15-18,20H2,1-2H3. The summed E-state index contributed by atoms with van der Waals surface area (Å²) in [6.07, 6.45) is 0. The predicted octanol–water partition coefficient (Wildman–Crippen LogP) is 5.41. The van der Waals surface area contributed by atoms with E-state index in [9.17, 15) is 4.39 Å². The van der Waals surface area contributed by atoms with E-state index in [0.717, 1.165) is 56.2 Å². The molecule has 1 unspecified atom stereocenters. The number of fused-ring (bicyclic) bond motifs is 1. The molecule has 0 N–H and O–H groups in total. The molecule has 0 spiro atoms. The Kier molecular flexibility index (Phi) is 6.25. The molecule has 0 saturated carbocycles. The molecule has 4 aromatic rings. The molecule has 2 heterocycles. The monoisotopic (exact) mass is 442 g/mol. The van der Waals surface area contributed by atoms with E-state index in [2.05, 4.69) is 70.7 Å². The molecule has 1 saturated heterocycles. The van der Waals surface area contributed by atoms with Crippen LogP contribution in [0, 0.1) is 12.7 Å². The summed E-state index contributed by atoms with van der Waals surface area (Å²) in [5, 5.41) is 0. The van der Waals surface area contributed by atoms with Crippen molar-refractivity contribution >= 4 is 11.0 Å². The van der Waals surface area contributed by atoms with E-state index in [4.69, 9.17) is 4.98 Å². The highest BCUT2D eigenvalue weighted by molar-refractivity contribution is 5.76. The number of piperazine rings is 1. The first kappa shape index (κ1) is 21.8. The molecule has 1 atom stereocenters. The molecule has 170 valence electrons. The van der Waals surface area contributed by atoms with Gasteiger partial charge in [-0.3, -0.25) is 9.80 Å². The Hall–Kier alpha value is -3.02. The zero-order valence-corrected chi connectivity index (χ0v) is 19.4. The normalized spacial score (nSPS) is 16.3. The number of aromatic nitrogens is 2. The lowest BCUT2D eigenvalue weighted by atomic mass is 9.96. The summed E-state index contributed by atoms with van der Waals surface area (Å²) >= 11 is 0. The van der Waals surface area contributed by atoms with Gasteiger partial charge in [-0.25, -0.2) is 9.37 Å². The predicted molar refractivity (Wildman–Crippen MR) is 132 cm³/mol. The van der Waals surface area contributed by atoms with Crippen molar-refractivity contribution in [3.05, 3.63) is 101 Å². The van der Waals surface area contributed by atoms with Gasteiger partial charge >= 0.3 is 0 Å². The second-order valence-electron chi connectivity index (χ2n) is 8.90. The number of imidazole rings is 1. The Bertz CT molecular complexity index is 1210. The van der Waals surface area contributed by atoms with Gasteiger partial charge in [0.2, 0.25) is 0 Å². The third kappa shape index (κ3) is 4.56. The van der Waals surface area contributed by atoms with Gasteiger partial charge in [0.25, 0.3) is 0 Å². The van der Waals surface area contributed by atoms with Crippen molar-refractivity contribution in [3.8, 4) is 0 Å². The first-order chi connectivity index (χ1) is 16.1. The molecule has 33 heavy (non-hydrogen) atoms. The highest BCUT2D eigenvalue weighted by Gasteiger charge is 2.26. The van der Waals surface area contributed by atoms with Crippen molar-refractivity contribution < 1.29 is 4.39 Å². The van der Waals surface area contributed by atoms with E-state index < -0.39 is 0 Å². The van der Waals surface area contributed by atoms with E-state index in [-0.39, 0.29) is 11.9 Å². The lowest BCUT2D eigenvalue weighted by Crippen LogP contribution is -2.47. The minimum Gasteiger partial charge on any atom is -0.329 e. The average molecular weight is 443 g/mol. The number of hydrogen-bond donors (Lipinski definition) is 0. The summed E-state index contributed by atoms with van der Waals surface area (Å²) in [6, 6.07) is 24.4. The second-order valence-corrected chi connectivity index (χ2v) is 8.90. The van der Waals surface area contributed by atoms with Gasteiger partial charge in [0.1, 0.15) is 11.6 Å². The van der Waals surface area contributed by atoms with Crippen LogP contribution >= 0.6 is 0 Å². The summed E-state index contributed by atoms with van der Waals surface area (Å²) < 4.78 is 15.8. The molecule has 5 heteroatoms. The van der Waals surface area contributed by atoms with Crippen LogP contribution in [-0.2, 0) is 13.1 Å². The van der Waals surface area contributed by atoms with Crippen LogP contribution in [-0.4, -0.2) is 45.5 Å². The molecule has 0 amide bonds. The van der Waals surface area contributed by atoms with Crippen molar-refractivity contribution in [1.82, 2.24) is 19.4 Å². The van der Waals surface area contributed by atoms with Crippen LogP contribution in [0.25, 0.3) is 11.0 Å². The molecule has 0 bridgehead atoms. The number of rotatable bonds is 6. The van der Waals surface area contributed by atoms with E-state index in [1.807, 2.05) is 18.2 Å². The molecule has 4 nitrogen and oxygen atoms in total. The average Bonchev–Trinajstić information content (AvgIpc) is 3.16. The largest absolute Gasteiger partial charge is 0.329 e. The third-order valence-corrected chi connectivity index (χ3v) is 6.80. The summed E-state index contributed by atoms with van der Waals surface area (Å²) in [5.41, 5.74) is 6.02. The molecule has 3 aromatic carbocycles. The van der Waals surface area contributed by atoms with Gasteiger partial charge in [-0.05, 0) is 54.8 Å². The summed E-state index contributed by atoms with van der Waals surface area (Å²) in [5.74, 6) is 0.886. The molecular weight excluding hydrogens is 411 g/mol. The minimum atomic E-state index is -0.189. The Morgan fingerprint density at radius 3 is 2.27 bits per heavy atom. The highest BCUT2D eigenvalue weighted by atomic mass is 19.1. The second kappa shape index (κ2) is 9.46. The van der Waals surface area contributed by atoms with Crippen molar-refractivity contribution in [2.45, 2.75) is 33.0 Å². The Labute approximate surface area is 195 Å². The maximum Gasteiger partial charge on any atom is 0.123 e. The lowest BCUT2D eigenvalue weighted by Gasteiger charge is -2.39. The van der Waals surface area contributed by atoms with E-state index in [0.29, 0.717) is 0 Å². The Balaban J connectivity index is 1.30. The smallest absolute Gasteiger partial charge is 0.123 e. The molecule has 1 aromatic heterocycles. The van der Waals surface area contributed by atoms with Crippen LogP contribution in [0.2, 0.25) is 0 Å². The topological polar surface area (TPSA) is 24.3 Å². The van der Waals surface area contributed by atoms with Crippen LogP contribution in [0.15, 0.2) is 72.8 Å². The van der Waals surface area contributed by atoms with Crippen molar-refractivity contribution in [1.29, 1.82) is 0 Å². The van der Waals surface area contributed by atoms with Gasteiger partial charge in [-0.1, -0.05) is 48.5 Å². The van der Waals surface area contributed by atoms with Crippen LogP contribution in [0.4, 0.5) is 4.39 Å². The van der Waals surface area contributed by atoms with Crippen molar-refractivity contribution in [3.63, 3.8) is 0 Å². The van der Waals surface area contributed by atoms with Gasteiger partial charge in [-0.2, -0.15) is 0 Å². The highest BCUT2D eigenvalue weighted by Crippen LogP contribution is 2.30.